The van der Waals surface area contributed by atoms with Gasteiger partial charge in [-0.3, -0.25) is 9.59 Å². The first kappa shape index (κ1) is 9.92. The normalized spacial score (nSPS) is 32.2. The highest BCUT2D eigenvalue weighted by atomic mass is 16.6. The van der Waals surface area contributed by atoms with Crippen LogP contribution in [0.3, 0.4) is 0 Å². The molecule has 0 aliphatic heterocycles. The minimum Gasteiger partial charge on any atom is -0.448 e. The van der Waals surface area contributed by atoms with Crippen LogP contribution in [0, 0.1) is 0 Å². The van der Waals surface area contributed by atoms with Crippen molar-refractivity contribution in [1.82, 2.24) is 0 Å². The Bertz CT molecular complexity index is 269. The summed E-state index contributed by atoms with van der Waals surface area (Å²) < 4.78 is 4.87. The first-order valence-corrected chi connectivity index (χ1v) is 4.13. The topological polar surface area (TPSA) is 63.6 Å². The molecule has 1 rings (SSSR count). The van der Waals surface area contributed by atoms with Gasteiger partial charge in [0.2, 0.25) is 11.4 Å². The third kappa shape index (κ3) is 1.49. The molecule has 13 heavy (non-hydrogen) atoms. The van der Waals surface area contributed by atoms with Crippen molar-refractivity contribution in [1.29, 1.82) is 0 Å². The number of rotatable bonds is 2. The number of hydrogen-bond acceptors (Lipinski definition) is 4. The summed E-state index contributed by atoms with van der Waals surface area (Å²) >= 11 is 0. The lowest BCUT2D eigenvalue weighted by Crippen LogP contribution is -2.47. The van der Waals surface area contributed by atoms with Crippen molar-refractivity contribution in [3.8, 4) is 0 Å². The van der Waals surface area contributed by atoms with Gasteiger partial charge in [-0.15, -0.1) is 0 Å². The molecular weight excluding hydrogens is 172 g/mol. The van der Waals surface area contributed by atoms with Crippen LogP contribution in [0.25, 0.3) is 0 Å². The van der Waals surface area contributed by atoms with Crippen LogP contribution in [-0.2, 0) is 14.3 Å². The van der Waals surface area contributed by atoms with Gasteiger partial charge in [0, 0.05) is 6.92 Å². The van der Waals surface area contributed by atoms with Gasteiger partial charge in [-0.2, -0.15) is 0 Å². The van der Waals surface area contributed by atoms with Gasteiger partial charge in [0.1, 0.15) is 6.10 Å². The first-order chi connectivity index (χ1) is 6.03. The molecule has 0 heterocycles. The monoisotopic (exact) mass is 184 g/mol. The maximum atomic E-state index is 11.3. The lowest BCUT2D eigenvalue weighted by molar-refractivity contribution is -0.171. The van der Waals surface area contributed by atoms with E-state index in [1.54, 1.807) is 6.92 Å². The summed E-state index contributed by atoms with van der Waals surface area (Å²) in [7, 11) is 0. The third-order valence-corrected chi connectivity index (χ3v) is 2.18. The van der Waals surface area contributed by atoms with Gasteiger partial charge in [0.25, 0.3) is 0 Å². The average Bonchev–Trinajstić information content (AvgIpc) is 2.32. The molecule has 0 aromatic heterocycles. The zero-order valence-corrected chi connectivity index (χ0v) is 7.61. The SMILES string of the molecule is CCC1(OC(C)=O)C(=O)C=CC1O. The van der Waals surface area contributed by atoms with E-state index in [1.165, 1.54) is 19.1 Å². The second kappa shape index (κ2) is 3.30. The van der Waals surface area contributed by atoms with Crippen LogP contribution in [0.2, 0.25) is 0 Å². The van der Waals surface area contributed by atoms with E-state index in [9.17, 15) is 14.7 Å². The number of ether oxygens (including phenoxy) is 1. The lowest BCUT2D eigenvalue weighted by Gasteiger charge is -2.28. The van der Waals surface area contributed by atoms with Gasteiger partial charge in [-0.05, 0) is 18.6 Å². The highest BCUT2D eigenvalue weighted by Gasteiger charge is 2.47. The van der Waals surface area contributed by atoms with Crippen LogP contribution in [0.15, 0.2) is 12.2 Å². The molecule has 1 aliphatic rings. The van der Waals surface area contributed by atoms with Gasteiger partial charge >= 0.3 is 5.97 Å². The minimum atomic E-state index is -1.37. The molecular formula is C9H12O4. The zero-order valence-electron chi connectivity index (χ0n) is 7.61. The summed E-state index contributed by atoms with van der Waals surface area (Å²) in [6, 6.07) is 0. The van der Waals surface area contributed by atoms with Crippen LogP contribution >= 0.6 is 0 Å². The fourth-order valence-corrected chi connectivity index (χ4v) is 1.44. The zero-order chi connectivity index (χ0) is 10.1. The fraction of sp³-hybridized carbons (Fsp3) is 0.556. The summed E-state index contributed by atoms with van der Waals surface area (Å²) in [5.74, 6) is -0.907. The highest BCUT2D eigenvalue weighted by molar-refractivity contribution is 6.01. The van der Waals surface area contributed by atoms with Crippen molar-refractivity contribution in [3.63, 3.8) is 0 Å². The molecule has 0 aromatic carbocycles. The van der Waals surface area contributed by atoms with E-state index in [0.717, 1.165) is 0 Å². The van der Waals surface area contributed by atoms with Crippen LogP contribution in [0.1, 0.15) is 20.3 Å². The second-order valence-corrected chi connectivity index (χ2v) is 3.00. The molecule has 0 bridgehead atoms. The summed E-state index contributed by atoms with van der Waals surface area (Å²) in [6.07, 6.45) is 1.85. The summed E-state index contributed by atoms with van der Waals surface area (Å²) in [4.78, 5) is 22.1. The molecule has 0 saturated heterocycles. The molecule has 72 valence electrons. The molecule has 0 spiro atoms. The highest BCUT2D eigenvalue weighted by Crippen LogP contribution is 2.28. The van der Waals surface area contributed by atoms with E-state index in [4.69, 9.17) is 4.74 Å². The van der Waals surface area contributed by atoms with Crippen molar-refractivity contribution >= 4 is 11.8 Å². The molecule has 0 saturated carbocycles. The Morgan fingerprint density at radius 1 is 1.77 bits per heavy atom. The molecule has 4 nitrogen and oxygen atoms in total. The van der Waals surface area contributed by atoms with Gasteiger partial charge in [0.15, 0.2) is 0 Å². The number of carbonyl (C=O) groups excluding carboxylic acids is 2. The molecule has 1 N–H and O–H groups in total. The molecule has 2 atom stereocenters. The largest absolute Gasteiger partial charge is 0.448 e. The predicted octanol–water partition coefficient (Wildman–Crippen LogP) is 0.198. The van der Waals surface area contributed by atoms with Crippen molar-refractivity contribution in [2.45, 2.75) is 32.0 Å². The van der Waals surface area contributed by atoms with E-state index in [0.29, 0.717) is 0 Å². The minimum absolute atomic E-state index is 0.277. The molecule has 0 radical (unpaired) electrons. The summed E-state index contributed by atoms with van der Waals surface area (Å²) in [6.45, 7) is 2.91. The van der Waals surface area contributed by atoms with Crippen molar-refractivity contribution in [2.75, 3.05) is 0 Å². The smallest absolute Gasteiger partial charge is 0.303 e. The van der Waals surface area contributed by atoms with Gasteiger partial charge < -0.3 is 9.84 Å². The number of esters is 1. The number of aliphatic hydroxyl groups excluding tert-OH is 1. The van der Waals surface area contributed by atoms with Crippen LogP contribution in [-0.4, -0.2) is 28.6 Å². The molecule has 0 fully saturated rings. The van der Waals surface area contributed by atoms with Gasteiger partial charge in [-0.25, -0.2) is 0 Å². The number of aliphatic hydroxyl groups is 1. The van der Waals surface area contributed by atoms with Gasteiger partial charge in [0.05, 0.1) is 0 Å². The van der Waals surface area contributed by atoms with E-state index in [-0.39, 0.29) is 12.2 Å². The molecule has 2 unspecified atom stereocenters. The second-order valence-electron chi connectivity index (χ2n) is 3.00. The average molecular weight is 184 g/mol. The van der Waals surface area contributed by atoms with Crippen LogP contribution in [0.4, 0.5) is 0 Å². The van der Waals surface area contributed by atoms with Crippen molar-refractivity contribution < 1.29 is 19.4 Å². The maximum absolute atomic E-state index is 11.3. The Balaban J connectivity index is 2.92. The maximum Gasteiger partial charge on any atom is 0.303 e. The van der Waals surface area contributed by atoms with Crippen molar-refractivity contribution in [2.24, 2.45) is 0 Å². The summed E-state index contributed by atoms with van der Waals surface area (Å²) in [5.41, 5.74) is -1.37. The van der Waals surface area contributed by atoms with E-state index < -0.39 is 17.7 Å². The van der Waals surface area contributed by atoms with Crippen LogP contribution in [0.5, 0.6) is 0 Å². The Morgan fingerprint density at radius 2 is 2.38 bits per heavy atom. The number of hydrogen-bond donors (Lipinski definition) is 1. The Hall–Kier alpha value is -1.16. The van der Waals surface area contributed by atoms with E-state index >= 15 is 0 Å². The van der Waals surface area contributed by atoms with Gasteiger partial charge in [-0.1, -0.05) is 6.92 Å². The Labute approximate surface area is 76.2 Å². The summed E-state index contributed by atoms with van der Waals surface area (Å²) in [5, 5.41) is 9.47. The molecule has 4 heteroatoms. The Kier molecular flexibility index (Phi) is 2.52. The lowest BCUT2D eigenvalue weighted by atomic mass is 9.94. The number of ketones is 1. The standard InChI is InChI=1S/C9H12O4/c1-3-9(13-6(2)10)7(11)4-5-8(9)12/h4-5,7,11H,3H2,1-2H3. The fourth-order valence-electron chi connectivity index (χ4n) is 1.44. The molecule has 0 aromatic rings. The number of carbonyl (C=O) groups is 2. The molecule has 0 amide bonds. The van der Waals surface area contributed by atoms with Crippen LogP contribution < -0.4 is 0 Å². The third-order valence-electron chi connectivity index (χ3n) is 2.18. The molecule has 1 aliphatic carbocycles. The van der Waals surface area contributed by atoms with E-state index in [1.807, 2.05) is 0 Å². The quantitative estimate of drug-likeness (QED) is 0.622. The van der Waals surface area contributed by atoms with Crippen molar-refractivity contribution in [3.05, 3.63) is 12.2 Å². The van der Waals surface area contributed by atoms with E-state index in [2.05, 4.69) is 0 Å². The Morgan fingerprint density at radius 3 is 2.69 bits per heavy atom. The predicted molar refractivity (Wildman–Crippen MR) is 44.9 cm³/mol. The first-order valence-electron chi connectivity index (χ1n) is 4.13.